The van der Waals surface area contributed by atoms with E-state index in [1.165, 1.54) is 16.7 Å². The summed E-state index contributed by atoms with van der Waals surface area (Å²) in [6.07, 6.45) is 1.84. The summed E-state index contributed by atoms with van der Waals surface area (Å²) in [6.45, 7) is 0. The predicted molar refractivity (Wildman–Crippen MR) is 237 cm³/mol. The van der Waals surface area contributed by atoms with Crippen molar-refractivity contribution in [3.05, 3.63) is 194 Å². The second-order valence-corrected chi connectivity index (χ2v) is 14.8. The van der Waals surface area contributed by atoms with E-state index in [9.17, 15) is 0 Å². The second kappa shape index (κ2) is 12.4. The lowest BCUT2D eigenvalue weighted by atomic mass is 9.99. The molecule has 4 heteroatoms. The summed E-state index contributed by atoms with van der Waals surface area (Å²) in [6, 6.07) is 67.1. The SMILES string of the molecule is c1cnc2ccc(-c3ccc(-c4ccc(N(c5ccc6cc7oc8ccccc8c7cc6c5)c5ccc6cc7oc8ccccc8c7cc6c5)cc4)cc3)cc2c1. The Balaban J connectivity index is 0.965. The zero-order valence-electron chi connectivity index (χ0n) is 30.7. The van der Waals surface area contributed by atoms with Gasteiger partial charge in [0.1, 0.15) is 22.3 Å². The minimum absolute atomic E-state index is 0.902. The first-order valence-electron chi connectivity index (χ1n) is 19.2. The number of furan rings is 2. The molecule has 3 aromatic heterocycles. The van der Waals surface area contributed by atoms with Gasteiger partial charge in [-0.25, -0.2) is 0 Å². The van der Waals surface area contributed by atoms with Crippen molar-refractivity contribution in [2.75, 3.05) is 4.90 Å². The molecule has 3 heterocycles. The minimum Gasteiger partial charge on any atom is -0.456 e. The lowest BCUT2D eigenvalue weighted by molar-refractivity contribution is 0.669. The number of hydrogen-bond acceptors (Lipinski definition) is 4. The molecule has 0 aliphatic rings. The molecule has 0 fully saturated rings. The fourth-order valence-electron chi connectivity index (χ4n) is 8.55. The normalized spacial score (nSPS) is 11.9. The first kappa shape index (κ1) is 31.6. The molecule has 0 saturated heterocycles. The first-order chi connectivity index (χ1) is 28.2. The molecule has 12 rings (SSSR count). The summed E-state index contributed by atoms with van der Waals surface area (Å²) >= 11 is 0. The Bertz CT molecular complexity index is 3370. The molecule has 0 saturated carbocycles. The van der Waals surface area contributed by atoms with Crippen molar-refractivity contribution in [1.82, 2.24) is 4.98 Å². The summed E-state index contributed by atoms with van der Waals surface area (Å²) in [4.78, 5) is 6.84. The number of pyridine rings is 1. The van der Waals surface area contributed by atoms with Gasteiger partial charge < -0.3 is 13.7 Å². The van der Waals surface area contributed by atoms with E-state index < -0.39 is 0 Å². The van der Waals surface area contributed by atoms with Crippen LogP contribution in [0.25, 0.3) is 98.6 Å². The van der Waals surface area contributed by atoms with E-state index in [1.807, 2.05) is 36.5 Å². The van der Waals surface area contributed by atoms with Gasteiger partial charge in [0.05, 0.1) is 5.52 Å². The highest BCUT2D eigenvalue weighted by molar-refractivity contribution is 6.12. The van der Waals surface area contributed by atoms with Crippen LogP contribution < -0.4 is 4.90 Å². The van der Waals surface area contributed by atoms with Crippen LogP contribution in [0.2, 0.25) is 0 Å². The van der Waals surface area contributed by atoms with Crippen LogP contribution in [0.4, 0.5) is 17.1 Å². The molecule has 0 spiro atoms. The van der Waals surface area contributed by atoms with Crippen molar-refractivity contribution in [2.24, 2.45) is 0 Å². The van der Waals surface area contributed by atoms with E-state index >= 15 is 0 Å². The maximum absolute atomic E-state index is 6.24. The highest BCUT2D eigenvalue weighted by atomic mass is 16.3. The molecule has 0 radical (unpaired) electrons. The fourth-order valence-corrected chi connectivity index (χ4v) is 8.55. The zero-order valence-corrected chi connectivity index (χ0v) is 30.7. The van der Waals surface area contributed by atoms with Crippen molar-refractivity contribution in [1.29, 1.82) is 0 Å². The maximum atomic E-state index is 6.24. The van der Waals surface area contributed by atoms with Crippen LogP contribution in [0.1, 0.15) is 0 Å². The van der Waals surface area contributed by atoms with E-state index in [4.69, 9.17) is 8.83 Å². The molecule has 4 nitrogen and oxygen atoms in total. The number of benzene rings is 9. The van der Waals surface area contributed by atoms with Gasteiger partial charge in [-0.15, -0.1) is 0 Å². The largest absolute Gasteiger partial charge is 0.456 e. The highest BCUT2D eigenvalue weighted by Gasteiger charge is 2.17. The Labute approximate surface area is 327 Å². The number of rotatable bonds is 5. The van der Waals surface area contributed by atoms with Crippen molar-refractivity contribution < 1.29 is 8.83 Å². The molecule has 0 N–H and O–H groups in total. The van der Waals surface area contributed by atoms with Gasteiger partial charge in [0.25, 0.3) is 0 Å². The minimum atomic E-state index is 0.902. The molecule has 9 aromatic carbocycles. The van der Waals surface area contributed by atoms with Gasteiger partial charge in [-0.2, -0.15) is 0 Å². The van der Waals surface area contributed by atoms with E-state index in [2.05, 4.69) is 168 Å². The van der Waals surface area contributed by atoms with Gasteiger partial charge in [-0.05, 0) is 135 Å². The molecule has 0 aliphatic heterocycles. The van der Waals surface area contributed by atoms with Crippen LogP contribution in [0.5, 0.6) is 0 Å². The van der Waals surface area contributed by atoms with Gasteiger partial charge in [0.15, 0.2) is 0 Å². The van der Waals surface area contributed by atoms with E-state index in [0.717, 1.165) is 99.0 Å². The monoisotopic (exact) mass is 728 g/mol. The smallest absolute Gasteiger partial charge is 0.136 e. The Hall–Kier alpha value is -7.69. The molecular weight excluding hydrogens is 697 g/mol. The number of aromatic nitrogens is 1. The quantitative estimate of drug-likeness (QED) is 0.177. The van der Waals surface area contributed by atoms with Crippen LogP contribution in [-0.2, 0) is 0 Å². The maximum Gasteiger partial charge on any atom is 0.136 e. The average molecular weight is 729 g/mol. The van der Waals surface area contributed by atoms with Crippen LogP contribution >= 0.6 is 0 Å². The third-order valence-electron chi connectivity index (χ3n) is 11.4. The summed E-state index contributed by atoms with van der Waals surface area (Å²) in [5, 5.41) is 10.2. The highest BCUT2D eigenvalue weighted by Crippen LogP contribution is 2.41. The number of fused-ring (bicyclic) bond motifs is 9. The summed E-state index contributed by atoms with van der Waals surface area (Å²) in [5.41, 5.74) is 12.5. The number of anilines is 3. The number of nitrogens with zero attached hydrogens (tertiary/aromatic N) is 2. The van der Waals surface area contributed by atoms with E-state index in [0.29, 0.717) is 0 Å². The molecule has 57 heavy (non-hydrogen) atoms. The Morgan fingerprint density at radius 2 is 0.825 bits per heavy atom. The Morgan fingerprint density at radius 1 is 0.316 bits per heavy atom. The Morgan fingerprint density at radius 3 is 1.42 bits per heavy atom. The van der Waals surface area contributed by atoms with Crippen molar-refractivity contribution >= 4 is 93.4 Å². The molecular formula is C53H32N2O2. The van der Waals surface area contributed by atoms with Crippen molar-refractivity contribution in [2.45, 2.75) is 0 Å². The number of para-hydroxylation sites is 2. The Kier molecular flexibility index (Phi) is 6.89. The van der Waals surface area contributed by atoms with Gasteiger partial charge >= 0.3 is 0 Å². The molecule has 0 amide bonds. The molecule has 0 unspecified atom stereocenters. The molecule has 0 atom stereocenters. The van der Waals surface area contributed by atoms with Gasteiger partial charge in [-0.3, -0.25) is 4.98 Å². The predicted octanol–water partition coefficient (Wildman–Crippen LogP) is 15.1. The fraction of sp³-hybridized carbons (Fsp3) is 0. The van der Waals surface area contributed by atoms with Crippen LogP contribution in [-0.4, -0.2) is 4.98 Å². The lowest BCUT2D eigenvalue weighted by Crippen LogP contribution is -2.09. The molecule has 0 aliphatic carbocycles. The molecule has 266 valence electrons. The number of hydrogen-bond donors (Lipinski definition) is 0. The van der Waals surface area contributed by atoms with Gasteiger partial charge in [-0.1, -0.05) is 97.1 Å². The van der Waals surface area contributed by atoms with Gasteiger partial charge in [0.2, 0.25) is 0 Å². The van der Waals surface area contributed by atoms with Crippen LogP contribution in [0.3, 0.4) is 0 Å². The summed E-state index contributed by atoms with van der Waals surface area (Å²) in [5.74, 6) is 0. The standard InChI is InChI=1S/C53H32N2O2/c1-3-9-50-45(7-1)47-29-40-27-43(22-17-37(40)31-52(47)56-50)55(44-23-18-38-32-53-48(30-41(38)28-44)46-8-2-4-10-51(46)57-53)42-20-15-34(16-21-42)33-11-13-35(14-12-33)36-19-24-49-39(26-36)6-5-25-54-49/h1-32H. The lowest BCUT2D eigenvalue weighted by Gasteiger charge is -2.26. The van der Waals surface area contributed by atoms with Gasteiger partial charge in [0, 0.05) is 50.2 Å². The van der Waals surface area contributed by atoms with Crippen LogP contribution in [0.15, 0.2) is 203 Å². The van der Waals surface area contributed by atoms with E-state index in [-0.39, 0.29) is 0 Å². The molecule has 12 aromatic rings. The average Bonchev–Trinajstić information content (AvgIpc) is 3.82. The third kappa shape index (κ3) is 5.26. The summed E-state index contributed by atoms with van der Waals surface area (Å²) in [7, 11) is 0. The van der Waals surface area contributed by atoms with Crippen molar-refractivity contribution in [3.63, 3.8) is 0 Å². The topological polar surface area (TPSA) is 42.4 Å². The zero-order chi connectivity index (χ0) is 37.5. The first-order valence-corrected chi connectivity index (χ1v) is 19.2. The van der Waals surface area contributed by atoms with E-state index in [1.54, 1.807) is 0 Å². The van der Waals surface area contributed by atoms with Crippen molar-refractivity contribution in [3.8, 4) is 22.3 Å². The summed E-state index contributed by atoms with van der Waals surface area (Å²) < 4.78 is 12.5. The second-order valence-electron chi connectivity index (χ2n) is 14.8. The third-order valence-corrected chi connectivity index (χ3v) is 11.4. The molecule has 0 bridgehead atoms. The van der Waals surface area contributed by atoms with Crippen LogP contribution in [0, 0.1) is 0 Å².